The first-order chi connectivity index (χ1) is 7.68. The normalized spacial score (nSPS) is 18.9. The summed E-state index contributed by atoms with van der Waals surface area (Å²) in [5, 5.41) is 0. The molecule has 3 heteroatoms. The number of aromatic nitrogens is 1. The molecule has 1 fully saturated rings. The zero-order valence-corrected chi connectivity index (χ0v) is 10.3. The van der Waals surface area contributed by atoms with Crippen molar-refractivity contribution in [3.63, 3.8) is 0 Å². The number of anilines is 1. The molecule has 1 aliphatic carbocycles. The average Bonchev–Trinajstić information content (AvgIpc) is 2.49. The van der Waals surface area contributed by atoms with Gasteiger partial charge in [-0.2, -0.15) is 4.98 Å². The van der Waals surface area contributed by atoms with Crippen LogP contribution >= 0.6 is 0 Å². The highest BCUT2D eigenvalue weighted by atomic mass is 16.4. The van der Waals surface area contributed by atoms with Gasteiger partial charge in [-0.25, -0.2) is 0 Å². The van der Waals surface area contributed by atoms with Crippen molar-refractivity contribution in [1.82, 2.24) is 4.98 Å². The van der Waals surface area contributed by atoms with E-state index >= 15 is 0 Å². The van der Waals surface area contributed by atoms with Crippen LogP contribution in [0.1, 0.15) is 75.7 Å². The van der Waals surface area contributed by atoms with Crippen molar-refractivity contribution in [3.05, 3.63) is 11.5 Å². The highest BCUT2D eigenvalue weighted by molar-refractivity contribution is 5.25. The number of nitrogens with two attached hydrogens (primary N) is 1. The third kappa shape index (κ3) is 2.39. The Labute approximate surface area is 97.4 Å². The van der Waals surface area contributed by atoms with Crippen LogP contribution < -0.4 is 5.73 Å². The Morgan fingerprint density at radius 2 is 1.81 bits per heavy atom. The Morgan fingerprint density at radius 3 is 2.38 bits per heavy atom. The molecule has 16 heavy (non-hydrogen) atoms. The molecule has 0 radical (unpaired) electrons. The van der Waals surface area contributed by atoms with Gasteiger partial charge in [0, 0.05) is 11.8 Å². The van der Waals surface area contributed by atoms with E-state index in [-0.39, 0.29) is 0 Å². The fourth-order valence-electron chi connectivity index (χ4n) is 2.62. The third-order valence-electron chi connectivity index (χ3n) is 3.46. The maximum Gasteiger partial charge on any atom is 0.292 e. The number of nitrogen functional groups attached to an aromatic ring is 1. The predicted molar refractivity (Wildman–Crippen MR) is 65.4 cm³/mol. The zero-order chi connectivity index (χ0) is 11.5. The molecule has 1 heterocycles. The van der Waals surface area contributed by atoms with Crippen molar-refractivity contribution in [1.29, 1.82) is 0 Å². The molecule has 2 rings (SSSR count). The molecular weight excluding hydrogens is 200 g/mol. The van der Waals surface area contributed by atoms with E-state index < -0.39 is 0 Å². The van der Waals surface area contributed by atoms with Crippen LogP contribution in [0, 0.1) is 0 Å². The first-order valence-electron chi connectivity index (χ1n) is 6.44. The van der Waals surface area contributed by atoms with Gasteiger partial charge >= 0.3 is 0 Å². The molecule has 0 unspecified atom stereocenters. The van der Waals surface area contributed by atoms with Crippen LogP contribution in [-0.2, 0) is 0 Å². The second-order valence-electron chi connectivity index (χ2n) is 5.14. The second kappa shape index (κ2) is 4.89. The molecule has 2 N–H and O–H groups in total. The van der Waals surface area contributed by atoms with Gasteiger partial charge in [0.2, 0.25) is 0 Å². The SMILES string of the molecule is CC(C)c1oc(N)nc1C1CCCCCC1. The molecule has 0 aliphatic heterocycles. The molecule has 0 spiro atoms. The van der Waals surface area contributed by atoms with E-state index in [2.05, 4.69) is 18.8 Å². The first-order valence-corrected chi connectivity index (χ1v) is 6.44. The maximum absolute atomic E-state index is 5.69. The van der Waals surface area contributed by atoms with Gasteiger partial charge in [0.15, 0.2) is 0 Å². The first kappa shape index (κ1) is 11.5. The van der Waals surface area contributed by atoms with Gasteiger partial charge in [0.1, 0.15) is 5.76 Å². The monoisotopic (exact) mass is 222 g/mol. The summed E-state index contributed by atoms with van der Waals surface area (Å²) in [5.41, 5.74) is 6.82. The number of oxazole rings is 1. The lowest BCUT2D eigenvalue weighted by molar-refractivity contribution is 0.481. The highest BCUT2D eigenvalue weighted by Crippen LogP contribution is 2.36. The van der Waals surface area contributed by atoms with Gasteiger partial charge in [-0.1, -0.05) is 39.5 Å². The van der Waals surface area contributed by atoms with E-state index in [0.717, 1.165) is 11.5 Å². The lowest BCUT2D eigenvalue weighted by Gasteiger charge is -2.13. The Balaban J connectivity index is 2.23. The van der Waals surface area contributed by atoms with Crippen LogP contribution in [0.4, 0.5) is 6.01 Å². The number of rotatable bonds is 2. The molecule has 1 aliphatic rings. The van der Waals surface area contributed by atoms with E-state index in [0.29, 0.717) is 17.9 Å². The predicted octanol–water partition coefficient (Wildman–Crippen LogP) is 3.82. The van der Waals surface area contributed by atoms with Gasteiger partial charge in [-0.15, -0.1) is 0 Å². The minimum Gasteiger partial charge on any atom is -0.428 e. The largest absolute Gasteiger partial charge is 0.428 e. The Bertz CT molecular complexity index is 336. The quantitative estimate of drug-likeness (QED) is 0.774. The summed E-state index contributed by atoms with van der Waals surface area (Å²) >= 11 is 0. The van der Waals surface area contributed by atoms with E-state index in [1.54, 1.807) is 0 Å². The summed E-state index contributed by atoms with van der Waals surface area (Å²) in [7, 11) is 0. The number of hydrogen-bond acceptors (Lipinski definition) is 3. The molecule has 0 saturated heterocycles. The lowest BCUT2D eigenvalue weighted by Crippen LogP contribution is -2.02. The Morgan fingerprint density at radius 1 is 1.19 bits per heavy atom. The van der Waals surface area contributed by atoms with Crippen molar-refractivity contribution in [2.45, 2.75) is 64.2 Å². The summed E-state index contributed by atoms with van der Waals surface area (Å²) in [4.78, 5) is 4.41. The molecule has 0 atom stereocenters. The van der Waals surface area contributed by atoms with Crippen LogP contribution in [0.15, 0.2) is 4.42 Å². The summed E-state index contributed by atoms with van der Waals surface area (Å²) in [5.74, 6) is 1.95. The van der Waals surface area contributed by atoms with Gasteiger partial charge in [-0.3, -0.25) is 0 Å². The fraction of sp³-hybridized carbons (Fsp3) is 0.769. The van der Waals surface area contributed by atoms with E-state index in [1.807, 2.05) is 0 Å². The topological polar surface area (TPSA) is 52.0 Å². The minimum atomic E-state index is 0.336. The maximum atomic E-state index is 5.69. The summed E-state index contributed by atoms with van der Waals surface area (Å²) in [6.45, 7) is 4.28. The Kier molecular flexibility index (Phi) is 3.52. The smallest absolute Gasteiger partial charge is 0.292 e. The number of nitrogens with zero attached hydrogens (tertiary/aromatic N) is 1. The number of hydrogen-bond donors (Lipinski definition) is 1. The van der Waals surface area contributed by atoms with Crippen molar-refractivity contribution in [2.75, 3.05) is 5.73 Å². The molecule has 0 amide bonds. The van der Waals surface area contributed by atoms with Gasteiger partial charge < -0.3 is 10.2 Å². The summed E-state index contributed by atoms with van der Waals surface area (Å²) in [6, 6.07) is 0.336. The molecule has 1 aromatic heterocycles. The standard InChI is InChI=1S/C13H22N2O/c1-9(2)12-11(15-13(14)16-12)10-7-5-3-4-6-8-10/h9-10H,3-8H2,1-2H3,(H2,14,15). The minimum absolute atomic E-state index is 0.336. The average molecular weight is 222 g/mol. The van der Waals surface area contributed by atoms with Crippen molar-refractivity contribution in [3.8, 4) is 0 Å². The lowest BCUT2D eigenvalue weighted by atomic mass is 9.93. The van der Waals surface area contributed by atoms with Gasteiger partial charge in [0.25, 0.3) is 6.01 Å². The second-order valence-corrected chi connectivity index (χ2v) is 5.14. The Hall–Kier alpha value is -0.990. The van der Waals surface area contributed by atoms with Crippen LogP contribution in [0.2, 0.25) is 0 Å². The van der Waals surface area contributed by atoms with Crippen molar-refractivity contribution in [2.24, 2.45) is 0 Å². The van der Waals surface area contributed by atoms with Crippen LogP contribution in [-0.4, -0.2) is 4.98 Å². The molecule has 0 aromatic carbocycles. The van der Waals surface area contributed by atoms with Crippen molar-refractivity contribution < 1.29 is 4.42 Å². The summed E-state index contributed by atoms with van der Waals surface area (Å²) in [6.07, 6.45) is 7.84. The highest BCUT2D eigenvalue weighted by Gasteiger charge is 2.24. The van der Waals surface area contributed by atoms with E-state index in [4.69, 9.17) is 10.2 Å². The van der Waals surface area contributed by atoms with Crippen molar-refractivity contribution >= 4 is 6.01 Å². The summed E-state index contributed by atoms with van der Waals surface area (Å²) < 4.78 is 5.54. The molecule has 0 bridgehead atoms. The molecule has 3 nitrogen and oxygen atoms in total. The van der Waals surface area contributed by atoms with Crippen LogP contribution in [0.3, 0.4) is 0 Å². The molecule has 1 aromatic rings. The molecule has 90 valence electrons. The van der Waals surface area contributed by atoms with Crippen LogP contribution in [0.25, 0.3) is 0 Å². The van der Waals surface area contributed by atoms with E-state index in [1.165, 1.54) is 38.5 Å². The fourth-order valence-corrected chi connectivity index (χ4v) is 2.62. The van der Waals surface area contributed by atoms with Gasteiger partial charge in [0.05, 0.1) is 5.69 Å². The molecule has 1 saturated carbocycles. The molecular formula is C13H22N2O. The van der Waals surface area contributed by atoms with Gasteiger partial charge in [-0.05, 0) is 12.8 Å². The zero-order valence-electron chi connectivity index (χ0n) is 10.3. The van der Waals surface area contributed by atoms with Crippen LogP contribution in [0.5, 0.6) is 0 Å². The van der Waals surface area contributed by atoms with E-state index in [9.17, 15) is 0 Å². The third-order valence-corrected chi connectivity index (χ3v) is 3.46.